The summed E-state index contributed by atoms with van der Waals surface area (Å²) in [5, 5.41) is 26.2. The predicted octanol–water partition coefficient (Wildman–Crippen LogP) is 7.60. The Balaban J connectivity index is 0.865. The van der Waals surface area contributed by atoms with Crippen LogP contribution in [-0.4, -0.2) is 114 Å². The highest BCUT2D eigenvalue weighted by Gasteiger charge is 2.50. The Morgan fingerprint density at radius 1 is 1.04 bits per heavy atom. The summed E-state index contributed by atoms with van der Waals surface area (Å²) in [4.78, 5) is 51.2. The second kappa shape index (κ2) is 18.6. The number of nitro groups is 1. The van der Waals surface area contributed by atoms with Crippen LogP contribution in [0.4, 0.5) is 26.2 Å². The number of nitro benzene ring substituents is 1. The molecule has 4 fully saturated rings. The van der Waals surface area contributed by atoms with Gasteiger partial charge in [0.25, 0.3) is 21.6 Å². The van der Waals surface area contributed by atoms with Gasteiger partial charge in [-0.15, -0.1) is 0 Å². The molecule has 3 atom stereocenters. The van der Waals surface area contributed by atoms with Crippen molar-refractivity contribution in [3.63, 3.8) is 0 Å². The number of benzene rings is 3. The van der Waals surface area contributed by atoms with E-state index in [-0.39, 0.29) is 75.5 Å². The molecule has 1 aliphatic carbocycles. The number of likely N-dealkylation sites (tertiary alicyclic amines) is 2. The monoisotopic (exact) mass is 993 g/mol. The van der Waals surface area contributed by atoms with Crippen LogP contribution in [0.2, 0.25) is 0 Å². The molecule has 6 N–H and O–H groups in total. The molecule has 1 saturated carbocycles. The van der Waals surface area contributed by atoms with Crippen molar-refractivity contribution >= 4 is 50.1 Å². The minimum Gasteiger partial charge on any atom is -0.489 e. The lowest BCUT2D eigenvalue weighted by Gasteiger charge is -2.59. The molecular weight excluding hydrogens is 934 g/mol. The lowest BCUT2D eigenvalue weighted by molar-refractivity contribution is -0.384. The third-order valence-corrected chi connectivity index (χ3v) is 17.1. The van der Waals surface area contributed by atoms with Crippen molar-refractivity contribution in [2.45, 2.75) is 100 Å². The molecule has 10 rings (SSSR count). The van der Waals surface area contributed by atoms with Gasteiger partial charge in [-0.2, -0.15) is 0 Å². The summed E-state index contributed by atoms with van der Waals surface area (Å²) in [5.41, 5.74) is 8.06. The molecule has 376 valence electrons. The highest BCUT2D eigenvalue weighted by Crippen LogP contribution is 2.48. The minimum atomic E-state index is -4.74. The number of urea groups is 1. The summed E-state index contributed by atoms with van der Waals surface area (Å²) in [5.74, 6) is -1.05. The van der Waals surface area contributed by atoms with E-state index in [2.05, 4.69) is 67.9 Å². The number of hydrogen-bond donors (Lipinski definition) is 5. The average Bonchev–Trinajstić information content (AvgIpc) is 3.71. The lowest BCUT2D eigenvalue weighted by Crippen LogP contribution is -2.66. The van der Waals surface area contributed by atoms with Crippen molar-refractivity contribution in [3.05, 3.63) is 106 Å². The second-order valence-corrected chi connectivity index (χ2v) is 22.5. The lowest BCUT2D eigenvalue weighted by atomic mass is 9.69. The summed E-state index contributed by atoms with van der Waals surface area (Å²) in [7, 11) is -4.74. The van der Waals surface area contributed by atoms with Crippen molar-refractivity contribution in [2.75, 3.05) is 56.1 Å². The molecule has 18 nitrogen and oxygen atoms in total. The summed E-state index contributed by atoms with van der Waals surface area (Å²) in [6, 6.07) is 16.4. The van der Waals surface area contributed by atoms with Gasteiger partial charge in [-0.1, -0.05) is 38.1 Å². The van der Waals surface area contributed by atoms with Crippen molar-refractivity contribution in [1.29, 1.82) is 0 Å². The van der Waals surface area contributed by atoms with Crippen LogP contribution < -0.4 is 30.1 Å². The van der Waals surface area contributed by atoms with Crippen LogP contribution in [0.25, 0.3) is 11.0 Å². The maximum Gasteiger partial charge on any atom is 0.314 e. The molecule has 0 radical (unpaired) electrons. The molecule has 5 aliphatic rings. The van der Waals surface area contributed by atoms with E-state index in [1.165, 1.54) is 35.7 Å². The first-order valence-electron chi connectivity index (χ1n) is 24.4. The van der Waals surface area contributed by atoms with Crippen LogP contribution in [-0.2, 0) is 10.0 Å². The number of halogens is 1. The molecule has 20 heteroatoms. The molecule has 3 amide bonds. The van der Waals surface area contributed by atoms with Crippen LogP contribution in [0.5, 0.6) is 17.2 Å². The van der Waals surface area contributed by atoms with Crippen LogP contribution in [0.1, 0.15) is 99.0 Å². The maximum absolute atomic E-state index is 14.7. The Labute approximate surface area is 411 Å². The molecule has 0 unspecified atom stereocenters. The number of fused-ring (bicyclic) bond motifs is 2. The van der Waals surface area contributed by atoms with E-state index in [0.717, 1.165) is 50.2 Å². The maximum atomic E-state index is 14.7. The van der Waals surface area contributed by atoms with E-state index < -0.39 is 48.9 Å². The Bertz CT molecular complexity index is 2990. The fraction of sp³-hybridized carbons (Fsp3) is 0.471. The fourth-order valence-electron chi connectivity index (χ4n) is 11.7. The van der Waals surface area contributed by atoms with Gasteiger partial charge in [0.1, 0.15) is 29.6 Å². The number of ether oxygens (including phenoxy) is 2. The van der Waals surface area contributed by atoms with E-state index in [1.54, 1.807) is 24.0 Å². The molecule has 1 spiro atoms. The number of carbonyl (C=O) groups excluding carboxylic acids is 2. The molecule has 5 aromatic rings. The Kier molecular flexibility index (Phi) is 12.6. The Hall–Kier alpha value is -6.51. The summed E-state index contributed by atoms with van der Waals surface area (Å²) >= 11 is 0. The first-order chi connectivity index (χ1) is 33.9. The number of aromatic amines is 1. The van der Waals surface area contributed by atoms with E-state index >= 15 is 0 Å². The number of piperidine rings is 2. The SMILES string of the molecule is CC(C)c1ccccc1[C@H]1CN(C(N)=O)CC[C@H]1N1CC2(CCN(c3ccc(C(=O)NS(=O)(=O)c4cc5c(c([N+](=O)[O-])c4)N[C@@H]([C@H]4CC[C@](C)(O)CC4)CO5)c(Oc4cnc5[nH]cc(F)c5c4)c3)CC2)C1. The number of nitrogens with one attached hydrogen (secondary N) is 3. The van der Waals surface area contributed by atoms with Crippen molar-refractivity contribution in [1.82, 2.24) is 24.5 Å². The number of nitrogens with zero attached hydrogens (tertiary/aromatic N) is 5. The number of rotatable bonds is 11. The Morgan fingerprint density at radius 2 is 1.79 bits per heavy atom. The molecular formula is C51H60FN9O9S. The van der Waals surface area contributed by atoms with Crippen molar-refractivity contribution in [2.24, 2.45) is 17.1 Å². The third kappa shape index (κ3) is 9.56. The van der Waals surface area contributed by atoms with E-state index in [4.69, 9.17) is 15.2 Å². The number of carbonyl (C=O) groups is 2. The normalized spacial score (nSPS) is 24.4. The van der Waals surface area contributed by atoms with Gasteiger partial charge in [0.2, 0.25) is 0 Å². The van der Waals surface area contributed by atoms with Gasteiger partial charge in [-0.3, -0.25) is 19.8 Å². The topological polar surface area (TPSA) is 239 Å². The summed E-state index contributed by atoms with van der Waals surface area (Å²) < 4.78 is 57.0. The number of nitrogens with two attached hydrogens (primary N) is 1. The zero-order chi connectivity index (χ0) is 50.0. The number of hydrogen-bond acceptors (Lipinski definition) is 13. The van der Waals surface area contributed by atoms with Crippen molar-refractivity contribution in [3.8, 4) is 17.2 Å². The molecule has 2 aromatic heterocycles. The highest BCUT2D eigenvalue weighted by atomic mass is 32.2. The number of aromatic nitrogens is 2. The molecule has 4 aliphatic heterocycles. The van der Waals surface area contributed by atoms with Gasteiger partial charge >= 0.3 is 6.03 Å². The van der Waals surface area contributed by atoms with Gasteiger partial charge in [-0.05, 0) is 98.4 Å². The minimum absolute atomic E-state index is 0.0170. The summed E-state index contributed by atoms with van der Waals surface area (Å²) in [6.45, 7) is 10.7. The fourth-order valence-corrected chi connectivity index (χ4v) is 12.7. The molecule has 3 aromatic carbocycles. The molecule has 0 bridgehead atoms. The first kappa shape index (κ1) is 48.1. The summed E-state index contributed by atoms with van der Waals surface area (Å²) in [6.07, 6.45) is 7.69. The predicted molar refractivity (Wildman–Crippen MR) is 264 cm³/mol. The number of anilines is 2. The van der Waals surface area contributed by atoms with E-state index in [9.17, 15) is 37.6 Å². The number of pyridine rings is 1. The second-order valence-electron chi connectivity index (χ2n) is 20.8. The highest BCUT2D eigenvalue weighted by molar-refractivity contribution is 7.90. The quantitative estimate of drug-likeness (QED) is 0.0634. The molecule has 71 heavy (non-hydrogen) atoms. The van der Waals surface area contributed by atoms with Crippen LogP contribution in [0.3, 0.4) is 0 Å². The van der Waals surface area contributed by atoms with Crippen LogP contribution in [0.15, 0.2) is 78.0 Å². The van der Waals surface area contributed by atoms with E-state index in [1.807, 2.05) is 0 Å². The third-order valence-electron chi connectivity index (χ3n) is 15.7. The zero-order valence-electron chi connectivity index (χ0n) is 40.0. The van der Waals surface area contributed by atoms with Gasteiger partial charge < -0.3 is 40.4 Å². The zero-order valence-corrected chi connectivity index (χ0v) is 40.8. The number of aliphatic hydroxyl groups is 1. The molecule has 6 heterocycles. The van der Waals surface area contributed by atoms with Gasteiger partial charge in [0, 0.05) is 81.3 Å². The number of primary amides is 1. The number of H-pyrrole nitrogens is 1. The van der Waals surface area contributed by atoms with Crippen molar-refractivity contribution < 1.29 is 41.9 Å². The van der Waals surface area contributed by atoms with Crippen LogP contribution >= 0.6 is 0 Å². The van der Waals surface area contributed by atoms with Gasteiger partial charge in [0.15, 0.2) is 11.4 Å². The largest absolute Gasteiger partial charge is 0.489 e. The molecule has 3 saturated heterocycles. The average molecular weight is 994 g/mol. The number of amides is 3. The smallest absolute Gasteiger partial charge is 0.314 e. The Morgan fingerprint density at radius 3 is 2.51 bits per heavy atom. The standard InChI is InChI=1S/C51H60FN9O9S/c1-30(2)35-6-4-5-7-36(35)39-26-59(49(53)63)17-12-42(39)60-28-51(29-60)15-18-58(19-16-51)32-8-9-37(44(20-32)70-33-21-38-40(52)25-55-47(38)54-24-33)48(62)57-71(67,68)34-22-43(61(65)66)46-45(23-34)69-27-41(56-46)31-10-13-50(3,64)14-11-31/h4-9,20-25,30-31,39,41-42,56,64H,10-19,26-29H2,1-3H3,(H2,53,63)(H,54,55)(H,57,62)/t31-,39-,41-,42-,50-/m1/s1. The number of sulfonamides is 1. The van der Waals surface area contributed by atoms with Gasteiger partial charge in [-0.25, -0.2) is 27.3 Å². The van der Waals surface area contributed by atoms with E-state index in [0.29, 0.717) is 57.8 Å². The first-order valence-corrected chi connectivity index (χ1v) is 25.9. The van der Waals surface area contributed by atoms with Crippen LogP contribution in [0, 0.1) is 27.3 Å². The van der Waals surface area contributed by atoms with Gasteiger partial charge in [0.05, 0.1) is 38.6 Å².